The molecular formula is C12H13Cl3O2S. The molecule has 1 aromatic rings. The minimum absolute atomic E-state index is 0.270. The zero-order chi connectivity index (χ0) is 13.9. The van der Waals surface area contributed by atoms with Crippen molar-refractivity contribution >= 4 is 52.5 Å². The molecule has 0 unspecified atom stereocenters. The van der Waals surface area contributed by atoms with Crippen LogP contribution in [0.3, 0.4) is 0 Å². The van der Waals surface area contributed by atoms with Crippen molar-refractivity contribution in [2.24, 2.45) is 0 Å². The minimum atomic E-state index is -1.54. The second-order valence-electron chi connectivity index (χ2n) is 3.56. The van der Waals surface area contributed by atoms with E-state index in [4.69, 9.17) is 34.8 Å². The van der Waals surface area contributed by atoms with Crippen LogP contribution in [0.1, 0.15) is 35.3 Å². The number of hydrogen-bond donors (Lipinski definition) is 1. The highest BCUT2D eigenvalue weighted by Crippen LogP contribution is 2.45. The molecule has 0 aliphatic rings. The average molecular weight is 328 g/mol. The molecule has 18 heavy (non-hydrogen) atoms. The first-order valence-corrected chi connectivity index (χ1v) is 7.54. The number of carboxylic acids is 1. The van der Waals surface area contributed by atoms with Gasteiger partial charge in [-0.1, -0.05) is 54.7 Å². The molecule has 0 aliphatic heterocycles. The van der Waals surface area contributed by atoms with Gasteiger partial charge in [-0.05, 0) is 23.8 Å². The van der Waals surface area contributed by atoms with Crippen LogP contribution in [0.5, 0.6) is 0 Å². The highest BCUT2D eigenvalue weighted by atomic mass is 35.6. The van der Waals surface area contributed by atoms with Crippen molar-refractivity contribution in [3.05, 3.63) is 28.8 Å². The van der Waals surface area contributed by atoms with Crippen LogP contribution in [0.25, 0.3) is 0 Å². The lowest BCUT2D eigenvalue weighted by Gasteiger charge is -2.20. The van der Waals surface area contributed by atoms with Gasteiger partial charge in [0.15, 0.2) is 0 Å². The van der Waals surface area contributed by atoms with Gasteiger partial charge in [0, 0.05) is 10.5 Å². The Kier molecular flexibility index (Phi) is 5.66. The monoisotopic (exact) mass is 326 g/mol. The lowest BCUT2D eigenvalue weighted by atomic mass is 10.0. The zero-order valence-electron chi connectivity index (χ0n) is 9.97. The van der Waals surface area contributed by atoms with E-state index in [-0.39, 0.29) is 5.56 Å². The summed E-state index contributed by atoms with van der Waals surface area (Å²) in [5, 5.41) is 9.17. The Morgan fingerprint density at radius 3 is 2.33 bits per heavy atom. The molecule has 1 rings (SSSR count). The summed E-state index contributed by atoms with van der Waals surface area (Å²) in [6, 6.07) is 3.08. The number of thioether (sulfide) groups is 1. The van der Waals surface area contributed by atoms with Gasteiger partial charge in [-0.25, -0.2) is 4.79 Å². The topological polar surface area (TPSA) is 37.3 Å². The van der Waals surface area contributed by atoms with Gasteiger partial charge in [0.25, 0.3) is 0 Å². The van der Waals surface area contributed by atoms with Gasteiger partial charge in [-0.3, -0.25) is 0 Å². The third-order valence-corrected chi connectivity index (χ3v) is 4.09. The number of carbonyl (C=O) groups is 1. The van der Waals surface area contributed by atoms with E-state index in [0.29, 0.717) is 12.0 Å². The molecule has 0 fully saturated rings. The number of halogens is 3. The van der Waals surface area contributed by atoms with E-state index in [1.807, 2.05) is 13.8 Å². The molecular weight excluding hydrogens is 315 g/mol. The van der Waals surface area contributed by atoms with Crippen molar-refractivity contribution in [1.82, 2.24) is 0 Å². The van der Waals surface area contributed by atoms with Crippen LogP contribution in [0.15, 0.2) is 17.0 Å². The van der Waals surface area contributed by atoms with Gasteiger partial charge in [0.1, 0.15) is 0 Å². The predicted octanol–water partition coefficient (Wildman–Crippen LogP) is 4.89. The number of carboxylic acid groups (broad SMARTS) is 1. The lowest BCUT2D eigenvalue weighted by molar-refractivity contribution is 0.0695. The molecule has 0 saturated heterocycles. The second-order valence-corrected chi connectivity index (χ2v) is 7.11. The van der Waals surface area contributed by atoms with Crippen molar-refractivity contribution in [2.75, 3.05) is 5.75 Å². The van der Waals surface area contributed by atoms with Crippen LogP contribution in [-0.4, -0.2) is 16.8 Å². The Hall–Kier alpha value is -0.0900. The molecule has 1 aromatic carbocycles. The van der Waals surface area contributed by atoms with E-state index in [2.05, 4.69) is 0 Å². The first-order valence-electron chi connectivity index (χ1n) is 5.42. The molecule has 0 spiro atoms. The van der Waals surface area contributed by atoms with Crippen LogP contribution in [0, 0.1) is 0 Å². The van der Waals surface area contributed by atoms with Gasteiger partial charge in [0.2, 0.25) is 3.79 Å². The summed E-state index contributed by atoms with van der Waals surface area (Å²) in [7, 11) is 0. The Balaban J connectivity index is 3.53. The first-order chi connectivity index (χ1) is 8.32. The summed E-state index contributed by atoms with van der Waals surface area (Å²) in [5.41, 5.74) is 1.53. The maximum atomic E-state index is 11.2. The van der Waals surface area contributed by atoms with Gasteiger partial charge < -0.3 is 5.11 Å². The van der Waals surface area contributed by atoms with Crippen LogP contribution in [0.2, 0.25) is 0 Å². The van der Waals surface area contributed by atoms with Crippen LogP contribution < -0.4 is 0 Å². The molecule has 0 heterocycles. The summed E-state index contributed by atoms with van der Waals surface area (Å²) >= 11 is 19.3. The van der Waals surface area contributed by atoms with E-state index in [1.165, 1.54) is 17.8 Å². The van der Waals surface area contributed by atoms with E-state index in [0.717, 1.165) is 16.2 Å². The quantitative estimate of drug-likeness (QED) is 0.632. The molecule has 0 atom stereocenters. The van der Waals surface area contributed by atoms with Gasteiger partial charge in [0.05, 0.1) is 5.56 Å². The van der Waals surface area contributed by atoms with Gasteiger partial charge in [-0.15, -0.1) is 11.8 Å². The van der Waals surface area contributed by atoms with Crippen LogP contribution in [0.4, 0.5) is 0 Å². The maximum absolute atomic E-state index is 11.2. The number of alkyl halides is 3. The largest absolute Gasteiger partial charge is 0.478 e. The van der Waals surface area contributed by atoms with E-state index in [1.54, 1.807) is 6.07 Å². The fourth-order valence-electron chi connectivity index (χ4n) is 1.71. The lowest BCUT2D eigenvalue weighted by Crippen LogP contribution is -2.10. The summed E-state index contributed by atoms with van der Waals surface area (Å²) < 4.78 is -1.54. The Morgan fingerprint density at radius 2 is 1.94 bits per heavy atom. The molecule has 0 saturated carbocycles. The normalized spacial score (nSPS) is 11.6. The number of rotatable bonds is 4. The molecule has 6 heteroatoms. The summed E-state index contributed by atoms with van der Waals surface area (Å²) in [6.07, 6.45) is 0.582. The van der Waals surface area contributed by atoms with Gasteiger partial charge in [-0.2, -0.15) is 0 Å². The molecule has 2 nitrogen and oxygen atoms in total. The van der Waals surface area contributed by atoms with Crippen molar-refractivity contribution in [3.8, 4) is 0 Å². The molecule has 1 N–H and O–H groups in total. The first kappa shape index (κ1) is 16.0. The Bertz CT molecular complexity index is 455. The fraction of sp³-hybridized carbons (Fsp3) is 0.417. The molecule has 0 aromatic heterocycles. The van der Waals surface area contributed by atoms with Crippen LogP contribution in [-0.2, 0) is 10.2 Å². The minimum Gasteiger partial charge on any atom is -0.478 e. The predicted molar refractivity (Wildman–Crippen MR) is 78.4 cm³/mol. The fourth-order valence-corrected chi connectivity index (χ4v) is 3.45. The number of benzene rings is 1. The second kappa shape index (κ2) is 6.38. The van der Waals surface area contributed by atoms with Crippen LogP contribution >= 0.6 is 46.6 Å². The molecule has 100 valence electrons. The average Bonchev–Trinajstić information content (AvgIpc) is 2.27. The van der Waals surface area contributed by atoms with Crippen molar-refractivity contribution < 1.29 is 9.90 Å². The highest BCUT2D eigenvalue weighted by Gasteiger charge is 2.29. The van der Waals surface area contributed by atoms with E-state index < -0.39 is 9.76 Å². The number of aromatic carboxylic acids is 1. The Labute approximate surface area is 126 Å². The molecule has 0 amide bonds. The third-order valence-electron chi connectivity index (χ3n) is 2.44. The van der Waals surface area contributed by atoms with Gasteiger partial charge >= 0.3 is 5.97 Å². The Morgan fingerprint density at radius 1 is 1.33 bits per heavy atom. The molecule has 0 bridgehead atoms. The third kappa shape index (κ3) is 3.47. The van der Waals surface area contributed by atoms with Crippen molar-refractivity contribution in [2.45, 2.75) is 29.0 Å². The smallest absolute Gasteiger partial charge is 0.336 e. The highest BCUT2D eigenvalue weighted by molar-refractivity contribution is 7.99. The maximum Gasteiger partial charge on any atom is 0.336 e. The summed E-state index contributed by atoms with van der Waals surface area (Å²) in [5.74, 6) is -0.176. The van der Waals surface area contributed by atoms with E-state index >= 15 is 0 Å². The van der Waals surface area contributed by atoms with E-state index in [9.17, 15) is 9.90 Å². The zero-order valence-corrected chi connectivity index (χ0v) is 13.1. The molecule has 0 radical (unpaired) electrons. The summed E-state index contributed by atoms with van der Waals surface area (Å²) in [4.78, 5) is 12.0. The number of hydrogen-bond acceptors (Lipinski definition) is 2. The van der Waals surface area contributed by atoms with Crippen molar-refractivity contribution in [3.63, 3.8) is 0 Å². The summed E-state index contributed by atoms with van der Waals surface area (Å²) in [6.45, 7) is 3.86. The van der Waals surface area contributed by atoms with Crippen molar-refractivity contribution in [1.29, 1.82) is 0 Å². The molecule has 0 aliphatic carbocycles. The standard InChI is InChI=1S/C12H13Cl3O2S/c1-3-7-8(11(16)17)5-6-9(12(13,14)15)10(7)18-4-2/h5-6H,3-4H2,1-2H3,(H,16,17). The SMILES string of the molecule is CCSc1c(C(Cl)(Cl)Cl)ccc(C(=O)O)c1CC.